The number of nitrogens with zero attached hydrogens (tertiary/aromatic N) is 2. The van der Waals surface area contributed by atoms with Crippen LogP contribution in [0.15, 0.2) is 58.1 Å². The van der Waals surface area contributed by atoms with Gasteiger partial charge in [-0.05, 0) is 48.4 Å². The van der Waals surface area contributed by atoms with Crippen LogP contribution in [-0.4, -0.2) is 32.3 Å². The van der Waals surface area contributed by atoms with Crippen LogP contribution in [0.4, 0.5) is 11.4 Å². The van der Waals surface area contributed by atoms with Gasteiger partial charge in [0.05, 0.1) is 6.21 Å². The van der Waals surface area contributed by atoms with Crippen molar-refractivity contribution in [3.8, 4) is 0 Å². The van der Waals surface area contributed by atoms with Crippen molar-refractivity contribution in [2.45, 2.75) is 19.4 Å². The summed E-state index contributed by atoms with van der Waals surface area (Å²) in [7, 11) is 3.99. The van der Waals surface area contributed by atoms with E-state index >= 15 is 0 Å². The first-order valence-electron chi connectivity index (χ1n) is 8.12. The fraction of sp³-hybridized carbons (Fsp3) is 0.263. The quantitative estimate of drug-likeness (QED) is 0.545. The molecule has 2 N–H and O–H groups in total. The monoisotopic (exact) mass is 402 g/mol. The molecule has 0 spiro atoms. The number of hydrazone groups is 1. The number of hydrogen-bond acceptors (Lipinski definition) is 4. The fourth-order valence-corrected chi connectivity index (χ4v) is 2.47. The van der Waals surface area contributed by atoms with Crippen molar-refractivity contribution >= 4 is 39.4 Å². The van der Waals surface area contributed by atoms with Gasteiger partial charge in [-0.3, -0.25) is 4.79 Å². The van der Waals surface area contributed by atoms with Gasteiger partial charge in [-0.15, -0.1) is 0 Å². The van der Waals surface area contributed by atoms with Gasteiger partial charge in [0.1, 0.15) is 6.04 Å². The van der Waals surface area contributed by atoms with Gasteiger partial charge < -0.3 is 10.2 Å². The van der Waals surface area contributed by atoms with E-state index in [1.807, 2.05) is 74.4 Å². The Kier molecular flexibility index (Phi) is 7.01. The third kappa shape index (κ3) is 5.90. The maximum atomic E-state index is 12.3. The van der Waals surface area contributed by atoms with Gasteiger partial charge in [0.25, 0.3) is 5.91 Å². The highest BCUT2D eigenvalue weighted by Crippen LogP contribution is 2.15. The molecule has 0 saturated carbocycles. The van der Waals surface area contributed by atoms with Crippen LogP contribution in [0.3, 0.4) is 0 Å². The minimum Gasteiger partial charge on any atom is -0.378 e. The van der Waals surface area contributed by atoms with E-state index in [1.54, 1.807) is 6.21 Å². The average Bonchev–Trinajstić information content (AvgIpc) is 2.61. The fourth-order valence-electron chi connectivity index (χ4n) is 2.21. The minimum absolute atomic E-state index is 0.161. The molecule has 2 rings (SSSR count). The third-order valence-electron chi connectivity index (χ3n) is 3.71. The number of halogens is 1. The van der Waals surface area contributed by atoms with Crippen molar-refractivity contribution in [2.75, 3.05) is 24.3 Å². The Morgan fingerprint density at radius 3 is 2.36 bits per heavy atom. The molecule has 0 aliphatic rings. The smallest absolute Gasteiger partial charge is 0.262 e. The summed E-state index contributed by atoms with van der Waals surface area (Å²) >= 11 is 3.40. The molecule has 0 heterocycles. The molecule has 6 heteroatoms. The molecule has 1 amide bonds. The molecule has 1 atom stereocenters. The maximum Gasteiger partial charge on any atom is 0.262 e. The maximum absolute atomic E-state index is 12.3. The zero-order valence-corrected chi connectivity index (χ0v) is 16.2. The van der Waals surface area contributed by atoms with Crippen LogP contribution < -0.4 is 15.6 Å². The van der Waals surface area contributed by atoms with Gasteiger partial charge in [-0.25, -0.2) is 5.43 Å². The Bertz CT molecular complexity index is 711. The summed E-state index contributed by atoms with van der Waals surface area (Å²) < 4.78 is 1.00. The van der Waals surface area contributed by atoms with E-state index in [1.165, 1.54) is 0 Å². The Morgan fingerprint density at radius 1 is 1.16 bits per heavy atom. The van der Waals surface area contributed by atoms with Gasteiger partial charge in [0, 0.05) is 29.9 Å². The first-order chi connectivity index (χ1) is 12.0. The highest BCUT2D eigenvalue weighted by atomic mass is 79.9. The molecule has 0 aromatic heterocycles. The number of benzene rings is 2. The normalized spacial score (nSPS) is 12.0. The Balaban J connectivity index is 1.91. The molecule has 0 aliphatic carbocycles. The largest absolute Gasteiger partial charge is 0.378 e. The van der Waals surface area contributed by atoms with Crippen LogP contribution in [0.5, 0.6) is 0 Å². The molecular weight excluding hydrogens is 380 g/mol. The average molecular weight is 403 g/mol. The molecule has 5 nitrogen and oxygen atoms in total. The number of nitrogens with one attached hydrogen (secondary N) is 2. The molecule has 1 unspecified atom stereocenters. The molecule has 2 aromatic carbocycles. The second-order valence-electron chi connectivity index (χ2n) is 5.83. The molecule has 0 saturated heterocycles. The summed E-state index contributed by atoms with van der Waals surface area (Å²) in [6.07, 6.45) is 2.30. The van der Waals surface area contributed by atoms with Gasteiger partial charge in [-0.2, -0.15) is 5.10 Å². The number of anilines is 2. The third-order valence-corrected chi connectivity index (χ3v) is 4.24. The summed E-state index contributed by atoms with van der Waals surface area (Å²) in [5.41, 5.74) is 5.54. The summed E-state index contributed by atoms with van der Waals surface area (Å²) in [6, 6.07) is 15.3. The van der Waals surface area contributed by atoms with E-state index in [0.717, 1.165) is 21.4 Å². The summed E-state index contributed by atoms with van der Waals surface area (Å²) in [4.78, 5) is 14.3. The van der Waals surface area contributed by atoms with Gasteiger partial charge in [0.15, 0.2) is 0 Å². The second-order valence-corrected chi connectivity index (χ2v) is 6.75. The Hall–Kier alpha value is -2.34. The van der Waals surface area contributed by atoms with E-state index in [0.29, 0.717) is 6.42 Å². The summed E-state index contributed by atoms with van der Waals surface area (Å²) in [6.45, 7) is 1.96. The van der Waals surface area contributed by atoms with Gasteiger partial charge in [-0.1, -0.05) is 35.0 Å². The van der Waals surface area contributed by atoms with Gasteiger partial charge in [0.2, 0.25) is 0 Å². The number of amides is 1. The van der Waals surface area contributed by atoms with Crippen LogP contribution in [0.1, 0.15) is 18.9 Å². The van der Waals surface area contributed by atoms with Crippen molar-refractivity contribution in [1.82, 2.24) is 5.43 Å². The van der Waals surface area contributed by atoms with Crippen LogP contribution in [-0.2, 0) is 4.79 Å². The Morgan fingerprint density at radius 2 is 1.80 bits per heavy atom. The molecule has 25 heavy (non-hydrogen) atoms. The lowest BCUT2D eigenvalue weighted by molar-refractivity contribution is -0.121. The van der Waals surface area contributed by atoms with E-state index in [-0.39, 0.29) is 11.9 Å². The molecule has 0 bridgehead atoms. The lowest BCUT2D eigenvalue weighted by Gasteiger charge is -2.16. The zero-order valence-electron chi connectivity index (χ0n) is 14.7. The first kappa shape index (κ1) is 19.0. The lowest BCUT2D eigenvalue weighted by Crippen LogP contribution is -2.36. The highest BCUT2D eigenvalue weighted by Gasteiger charge is 2.15. The Labute approximate surface area is 157 Å². The molecule has 0 fully saturated rings. The zero-order chi connectivity index (χ0) is 18.2. The molecule has 0 aliphatic heterocycles. The topological polar surface area (TPSA) is 56.7 Å². The number of rotatable bonds is 7. The molecular formula is C19H23BrN4O. The van der Waals surface area contributed by atoms with E-state index in [9.17, 15) is 4.79 Å². The molecule has 2 aromatic rings. The van der Waals surface area contributed by atoms with Crippen molar-refractivity contribution in [2.24, 2.45) is 5.10 Å². The van der Waals surface area contributed by atoms with Crippen molar-refractivity contribution in [3.63, 3.8) is 0 Å². The number of carbonyl (C=O) groups is 1. The predicted molar refractivity (Wildman–Crippen MR) is 108 cm³/mol. The standard InChI is InChI=1S/C19H23BrN4O/c1-4-18(22-16-9-7-15(20)8-10-16)19(25)23-21-13-14-5-11-17(12-6-14)24(2)3/h5-13,18,22H,4H2,1-3H3,(H,23,25). The van der Waals surface area contributed by atoms with Gasteiger partial charge >= 0.3 is 0 Å². The van der Waals surface area contributed by atoms with E-state index in [2.05, 4.69) is 31.8 Å². The highest BCUT2D eigenvalue weighted by molar-refractivity contribution is 9.10. The minimum atomic E-state index is -0.338. The van der Waals surface area contributed by atoms with Crippen molar-refractivity contribution in [3.05, 3.63) is 58.6 Å². The SMILES string of the molecule is CCC(Nc1ccc(Br)cc1)C(=O)NN=Cc1ccc(N(C)C)cc1. The van der Waals surface area contributed by atoms with E-state index < -0.39 is 0 Å². The van der Waals surface area contributed by atoms with Crippen molar-refractivity contribution in [1.29, 1.82) is 0 Å². The molecule has 0 radical (unpaired) electrons. The first-order valence-corrected chi connectivity index (χ1v) is 8.91. The van der Waals surface area contributed by atoms with Crippen LogP contribution in [0.2, 0.25) is 0 Å². The lowest BCUT2D eigenvalue weighted by atomic mass is 10.2. The predicted octanol–water partition coefficient (Wildman–Crippen LogP) is 3.86. The van der Waals surface area contributed by atoms with Crippen LogP contribution in [0, 0.1) is 0 Å². The summed E-state index contributed by atoms with van der Waals surface area (Å²) in [5, 5.41) is 7.27. The number of carbonyl (C=O) groups excluding carboxylic acids is 1. The summed E-state index contributed by atoms with van der Waals surface area (Å²) in [5.74, 6) is -0.161. The molecule has 132 valence electrons. The second kappa shape index (κ2) is 9.22. The van der Waals surface area contributed by atoms with Crippen molar-refractivity contribution < 1.29 is 4.79 Å². The van der Waals surface area contributed by atoms with E-state index in [4.69, 9.17) is 0 Å². The van der Waals surface area contributed by atoms with Crippen LogP contribution >= 0.6 is 15.9 Å². The number of hydrogen-bond donors (Lipinski definition) is 2. The van der Waals surface area contributed by atoms with Crippen LogP contribution in [0.25, 0.3) is 0 Å².